The number of hydrogen-bond acceptors (Lipinski definition) is 3. The minimum atomic E-state index is -1.20. The van der Waals surface area contributed by atoms with Crippen molar-refractivity contribution in [3.8, 4) is 0 Å². The first-order valence-electron chi connectivity index (χ1n) is 7.67. The lowest BCUT2D eigenvalue weighted by Crippen LogP contribution is -2.42. The molecule has 0 aliphatic rings. The third kappa shape index (κ3) is 3.98. The molecule has 1 amide bonds. The highest BCUT2D eigenvalue weighted by Gasteiger charge is 2.22. The quantitative estimate of drug-likeness (QED) is 0.750. The summed E-state index contributed by atoms with van der Waals surface area (Å²) in [6.45, 7) is 0. The van der Waals surface area contributed by atoms with Crippen LogP contribution in [0.3, 0.4) is 0 Å². The summed E-state index contributed by atoms with van der Waals surface area (Å²) in [7, 11) is 0. The number of carboxylic acids is 1. The number of nitrogens with one attached hydrogen (secondary N) is 1. The number of carbonyl (C=O) groups excluding carboxylic acids is 1. The highest BCUT2D eigenvalue weighted by Crippen LogP contribution is 2.12. The number of fused-ring (bicyclic) bond motifs is 1. The zero-order valence-corrected chi connectivity index (χ0v) is 13.1. The third-order valence-corrected chi connectivity index (χ3v) is 3.76. The van der Waals surface area contributed by atoms with Crippen molar-refractivity contribution >= 4 is 22.8 Å². The minimum Gasteiger partial charge on any atom is -0.480 e. The maximum atomic E-state index is 13.2. The van der Waals surface area contributed by atoms with Crippen LogP contribution >= 0.6 is 0 Å². The Balaban J connectivity index is 1.78. The summed E-state index contributed by atoms with van der Waals surface area (Å²) in [5.41, 5.74) is 1.26. The molecule has 1 unspecified atom stereocenters. The van der Waals surface area contributed by atoms with E-state index >= 15 is 0 Å². The van der Waals surface area contributed by atoms with Crippen molar-refractivity contribution in [2.75, 3.05) is 0 Å². The summed E-state index contributed by atoms with van der Waals surface area (Å²) < 4.78 is 13.2. The lowest BCUT2D eigenvalue weighted by Gasteiger charge is -2.14. The number of rotatable bonds is 5. The lowest BCUT2D eigenvalue weighted by molar-refractivity contribution is -0.139. The van der Waals surface area contributed by atoms with Crippen LogP contribution in [-0.2, 0) is 11.2 Å². The number of halogens is 1. The van der Waals surface area contributed by atoms with Gasteiger partial charge in [0.2, 0.25) is 0 Å². The molecule has 6 heteroatoms. The van der Waals surface area contributed by atoms with Crippen molar-refractivity contribution in [3.63, 3.8) is 0 Å². The fourth-order valence-electron chi connectivity index (χ4n) is 2.52. The number of aromatic nitrogens is 1. The molecule has 0 saturated heterocycles. The van der Waals surface area contributed by atoms with Crippen LogP contribution in [-0.4, -0.2) is 28.0 Å². The maximum Gasteiger partial charge on any atom is 0.326 e. The molecule has 0 aliphatic heterocycles. The van der Waals surface area contributed by atoms with Crippen molar-refractivity contribution in [1.82, 2.24) is 10.3 Å². The summed E-state index contributed by atoms with van der Waals surface area (Å²) in [6.07, 6.45) is -0.0214. The van der Waals surface area contributed by atoms with E-state index in [0.29, 0.717) is 11.1 Å². The van der Waals surface area contributed by atoms with Crippen molar-refractivity contribution in [3.05, 3.63) is 77.7 Å². The molecular formula is C19H15FN2O3. The monoisotopic (exact) mass is 338 g/mol. The molecule has 0 spiro atoms. The van der Waals surface area contributed by atoms with Crippen molar-refractivity contribution in [1.29, 1.82) is 0 Å². The van der Waals surface area contributed by atoms with Crippen LogP contribution in [0.5, 0.6) is 0 Å². The van der Waals surface area contributed by atoms with Gasteiger partial charge in [-0.25, -0.2) is 14.2 Å². The van der Waals surface area contributed by atoms with Gasteiger partial charge in [-0.3, -0.25) is 4.79 Å². The number of nitrogens with zero attached hydrogens (tertiary/aromatic N) is 1. The van der Waals surface area contributed by atoms with E-state index in [1.54, 1.807) is 30.3 Å². The number of carbonyl (C=O) groups is 2. The Kier molecular flexibility index (Phi) is 4.70. The smallest absolute Gasteiger partial charge is 0.326 e. The van der Waals surface area contributed by atoms with Gasteiger partial charge >= 0.3 is 5.97 Å². The fourth-order valence-corrected chi connectivity index (χ4v) is 2.52. The summed E-state index contributed by atoms with van der Waals surface area (Å²) in [5, 5.41) is 12.7. The number of hydrogen-bond donors (Lipinski definition) is 2. The van der Waals surface area contributed by atoms with Gasteiger partial charge in [0.25, 0.3) is 5.91 Å². The molecule has 2 N–H and O–H groups in total. The van der Waals surface area contributed by atoms with E-state index in [1.807, 2.05) is 12.1 Å². The Morgan fingerprint density at radius 2 is 1.88 bits per heavy atom. The van der Waals surface area contributed by atoms with Gasteiger partial charge in [0.15, 0.2) is 0 Å². The predicted octanol–water partition coefficient (Wildman–Crippen LogP) is 2.80. The summed E-state index contributed by atoms with van der Waals surface area (Å²) in [5.74, 6) is -2.24. The van der Waals surface area contributed by atoms with Gasteiger partial charge in [0, 0.05) is 11.8 Å². The normalized spacial score (nSPS) is 11.9. The standard InChI is InChI=1S/C19H15FN2O3/c20-14-6-3-4-12(10-14)11-17(19(24)25)22-18(23)16-9-8-13-5-1-2-7-15(13)21-16/h1-10,17H,11H2,(H,22,23)(H,24,25). The Hall–Kier alpha value is -3.28. The lowest BCUT2D eigenvalue weighted by atomic mass is 10.1. The molecule has 0 aliphatic carbocycles. The summed E-state index contributed by atoms with van der Waals surface area (Å²) in [4.78, 5) is 28.0. The van der Waals surface area contributed by atoms with E-state index in [0.717, 1.165) is 5.39 Å². The van der Waals surface area contributed by atoms with Crippen molar-refractivity contribution < 1.29 is 19.1 Å². The number of pyridine rings is 1. The molecule has 0 radical (unpaired) electrons. The first kappa shape index (κ1) is 16.6. The zero-order chi connectivity index (χ0) is 17.8. The molecule has 3 aromatic rings. The number of aliphatic carboxylic acids is 1. The van der Waals surface area contributed by atoms with E-state index in [-0.39, 0.29) is 12.1 Å². The van der Waals surface area contributed by atoms with Crippen LogP contribution < -0.4 is 5.32 Å². The highest BCUT2D eigenvalue weighted by molar-refractivity contribution is 5.97. The minimum absolute atomic E-state index is 0.0214. The Morgan fingerprint density at radius 3 is 2.64 bits per heavy atom. The maximum absolute atomic E-state index is 13.2. The number of para-hydroxylation sites is 1. The van der Waals surface area contributed by atoms with Crippen LogP contribution in [0.2, 0.25) is 0 Å². The Bertz CT molecular complexity index is 943. The fraction of sp³-hybridized carbons (Fsp3) is 0.105. The third-order valence-electron chi connectivity index (χ3n) is 3.76. The molecule has 1 aromatic heterocycles. The van der Waals surface area contributed by atoms with Crippen molar-refractivity contribution in [2.45, 2.75) is 12.5 Å². The van der Waals surface area contributed by atoms with Gasteiger partial charge in [0.1, 0.15) is 17.6 Å². The molecule has 1 heterocycles. The number of carboxylic acid groups (broad SMARTS) is 1. The van der Waals surface area contributed by atoms with Gasteiger partial charge in [-0.1, -0.05) is 36.4 Å². The molecular weight excluding hydrogens is 323 g/mol. The van der Waals surface area contributed by atoms with Gasteiger partial charge < -0.3 is 10.4 Å². The van der Waals surface area contributed by atoms with Crippen LogP contribution in [0.15, 0.2) is 60.7 Å². The number of amides is 1. The first-order chi connectivity index (χ1) is 12.0. The molecule has 126 valence electrons. The van der Waals surface area contributed by atoms with E-state index in [2.05, 4.69) is 10.3 Å². The molecule has 0 saturated carbocycles. The van der Waals surface area contributed by atoms with E-state index in [9.17, 15) is 19.1 Å². The predicted molar refractivity (Wildman–Crippen MR) is 90.7 cm³/mol. The van der Waals surface area contributed by atoms with E-state index < -0.39 is 23.7 Å². The average Bonchev–Trinajstić information content (AvgIpc) is 2.60. The molecule has 0 bridgehead atoms. The largest absolute Gasteiger partial charge is 0.480 e. The number of benzene rings is 2. The van der Waals surface area contributed by atoms with E-state index in [4.69, 9.17) is 0 Å². The van der Waals surface area contributed by atoms with Gasteiger partial charge in [-0.05, 0) is 29.8 Å². The van der Waals surface area contributed by atoms with Gasteiger partial charge in [-0.15, -0.1) is 0 Å². The van der Waals surface area contributed by atoms with Crippen LogP contribution in [0.1, 0.15) is 16.1 Å². The van der Waals surface area contributed by atoms with Crippen LogP contribution in [0.4, 0.5) is 4.39 Å². The summed E-state index contributed by atoms with van der Waals surface area (Å²) >= 11 is 0. The van der Waals surface area contributed by atoms with Gasteiger partial charge in [0.05, 0.1) is 5.52 Å². The molecule has 5 nitrogen and oxygen atoms in total. The topological polar surface area (TPSA) is 79.3 Å². The molecule has 2 aromatic carbocycles. The highest BCUT2D eigenvalue weighted by atomic mass is 19.1. The van der Waals surface area contributed by atoms with Gasteiger partial charge in [-0.2, -0.15) is 0 Å². The second kappa shape index (κ2) is 7.09. The second-order valence-corrected chi connectivity index (χ2v) is 5.59. The van der Waals surface area contributed by atoms with Crippen molar-refractivity contribution in [2.24, 2.45) is 0 Å². The zero-order valence-electron chi connectivity index (χ0n) is 13.1. The first-order valence-corrected chi connectivity index (χ1v) is 7.67. The average molecular weight is 338 g/mol. The van der Waals surface area contributed by atoms with Crippen LogP contribution in [0, 0.1) is 5.82 Å². The summed E-state index contributed by atoms with van der Waals surface area (Å²) in [6, 6.07) is 15.1. The van der Waals surface area contributed by atoms with Crippen LogP contribution in [0.25, 0.3) is 10.9 Å². The molecule has 0 fully saturated rings. The Morgan fingerprint density at radius 1 is 1.08 bits per heavy atom. The Labute approximate surface area is 143 Å². The second-order valence-electron chi connectivity index (χ2n) is 5.59. The van der Waals surface area contributed by atoms with E-state index in [1.165, 1.54) is 18.2 Å². The SMILES string of the molecule is O=C(NC(Cc1cccc(F)c1)C(=O)O)c1ccc2ccccc2n1. The molecule has 3 rings (SSSR count). The molecule has 25 heavy (non-hydrogen) atoms. The molecule has 1 atom stereocenters.